The molecule has 2 aromatic carbocycles. The molecule has 0 bridgehead atoms. The van der Waals surface area contributed by atoms with Gasteiger partial charge in [-0.1, -0.05) is 47.5 Å². The molecule has 0 amide bonds. The summed E-state index contributed by atoms with van der Waals surface area (Å²) < 4.78 is 75.7. The second kappa shape index (κ2) is 19.2. The number of hydrogen-bond acceptors (Lipinski definition) is 8. The number of methoxy groups -OCH3 is 4. The fourth-order valence-electron chi connectivity index (χ4n) is 4.37. The number of sulfone groups is 2. The van der Waals surface area contributed by atoms with Crippen molar-refractivity contribution in [3.63, 3.8) is 0 Å². The Morgan fingerprint density at radius 3 is 1.10 bits per heavy atom. The summed E-state index contributed by atoms with van der Waals surface area (Å²) in [5, 5.41) is 0.832. The topological polar surface area (TPSA) is 105 Å². The lowest BCUT2D eigenvalue weighted by atomic mass is 10.2. The normalized spacial score (nSPS) is 14.9. The van der Waals surface area contributed by atoms with Crippen LogP contribution in [0.1, 0.15) is 27.7 Å². The molecule has 0 unspecified atom stereocenters. The average Bonchev–Trinajstić information content (AvgIpc) is 3.04. The van der Waals surface area contributed by atoms with Crippen molar-refractivity contribution in [3.8, 4) is 0 Å². The zero-order valence-corrected chi connectivity index (χ0v) is 31.4. The number of ether oxygens (including phenoxy) is 4. The molecule has 0 radical (unpaired) electrons. The van der Waals surface area contributed by atoms with Crippen LogP contribution < -0.4 is 0 Å². The van der Waals surface area contributed by atoms with Gasteiger partial charge >= 0.3 is 0 Å². The maximum absolute atomic E-state index is 13.6. The Labute approximate surface area is 295 Å². The molecule has 260 valence electrons. The predicted molar refractivity (Wildman–Crippen MR) is 193 cm³/mol. The molecule has 0 saturated carbocycles. The molecule has 2 rings (SSSR count). The molecule has 0 saturated heterocycles. The molecular formula is C36H42Cl2O8S2. The van der Waals surface area contributed by atoms with Crippen molar-refractivity contribution in [1.82, 2.24) is 0 Å². The quantitative estimate of drug-likeness (QED) is 0.125. The minimum Gasteiger partial charge on any atom is -0.352 e. The first-order valence-electron chi connectivity index (χ1n) is 14.5. The van der Waals surface area contributed by atoms with Crippen LogP contribution in [0.5, 0.6) is 0 Å². The van der Waals surface area contributed by atoms with Crippen molar-refractivity contribution in [2.24, 2.45) is 0 Å². The molecule has 12 heteroatoms. The van der Waals surface area contributed by atoms with Gasteiger partial charge in [0.15, 0.2) is 12.6 Å². The Morgan fingerprint density at radius 1 is 0.542 bits per heavy atom. The van der Waals surface area contributed by atoms with Gasteiger partial charge in [-0.15, -0.1) is 0 Å². The summed E-state index contributed by atoms with van der Waals surface area (Å²) in [6.45, 7) is 6.95. The second-order valence-corrected chi connectivity index (χ2v) is 15.4. The van der Waals surface area contributed by atoms with Crippen molar-refractivity contribution in [3.05, 3.63) is 139 Å². The van der Waals surface area contributed by atoms with E-state index in [1.165, 1.54) is 89.1 Å². The summed E-state index contributed by atoms with van der Waals surface area (Å²) in [5.74, 6) is 0. The molecule has 0 heterocycles. The minimum absolute atomic E-state index is 0.0304. The van der Waals surface area contributed by atoms with Gasteiger partial charge in [0.2, 0.25) is 19.7 Å². The molecule has 0 N–H and O–H groups in total. The van der Waals surface area contributed by atoms with Crippen LogP contribution in [0.3, 0.4) is 0 Å². The smallest absolute Gasteiger partial charge is 0.206 e. The predicted octanol–water partition coefficient (Wildman–Crippen LogP) is 8.59. The van der Waals surface area contributed by atoms with Crippen molar-refractivity contribution in [1.29, 1.82) is 0 Å². The van der Waals surface area contributed by atoms with Gasteiger partial charge in [0.1, 0.15) is 0 Å². The Morgan fingerprint density at radius 2 is 0.833 bits per heavy atom. The zero-order valence-electron chi connectivity index (χ0n) is 28.2. The molecule has 2 aromatic rings. The second-order valence-electron chi connectivity index (χ2n) is 10.6. The van der Waals surface area contributed by atoms with E-state index in [1.54, 1.807) is 64.2 Å². The largest absolute Gasteiger partial charge is 0.352 e. The van der Waals surface area contributed by atoms with E-state index >= 15 is 0 Å². The van der Waals surface area contributed by atoms with E-state index in [1.807, 2.05) is 0 Å². The van der Waals surface area contributed by atoms with Crippen LogP contribution in [-0.2, 0) is 38.6 Å². The molecule has 0 spiro atoms. The first-order chi connectivity index (χ1) is 22.6. The summed E-state index contributed by atoms with van der Waals surface area (Å²) in [5.41, 5.74) is 2.36. The third-order valence-electron chi connectivity index (χ3n) is 6.78. The van der Waals surface area contributed by atoms with Gasteiger partial charge < -0.3 is 18.9 Å². The van der Waals surface area contributed by atoms with E-state index in [9.17, 15) is 16.8 Å². The molecule has 8 nitrogen and oxygen atoms in total. The lowest BCUT2D eigenvalue weighted by Gasteiger charge is -2.15. The summed E-state index contributed by atoms with van der Waals surface area (Å²) in [6.07, 6.45) is 11.5. The van der Waals surface area contributed by atoms with Crippen molar-refractivity contribution in [2.45, 2.75) is 50.1 Å². The fourth-order valence-corrected chi connectivity index (χ4v) is 7.52. The lowest BCUT2D eigenvalue weighted by molar-refractivity contribution is -0.0748. The monoisotopic (exact) mass is 736 g/mol. The van der Waals surface area contributed by atoms with Crippen LogP contribution in [-0.4, -0.2) is 57.9 Å². The van der Waals surface area contributed by atoms with Crippen LogP contribution in [0, 0.1) is 0 Å². The first-order valence-corrected chi connectivity index (χ1v) is 18.3. The van der Waals surface area contributed by atoms with E-state index in [2.05, 4.69) is 0 Å². The molecule has 48 heavy (non-hydrogen) atoms. The molecule has 0 atom stereocenters. The van der Waals surface area contributed by atoms with Crippen LogP contribution >= 0.6 is 23.2 Å². The van der Waals surface area contributed by atoms with Gasteiger partial charge in [0.05, 0.1) is 19.6 Å². The number of rotatable bonds is 16. The maximum Gasteiger partial charge on any atom is 0.206 e. The Balaban J connectivity index is 2.55. The SMILES string of the molecule is COC(OC)/C(C)=C/C(=C/C(C)=C/C=C/C=C(C)/C=C(/C=C(\C)C(OC)OC)S(=O)(=O)c1ccc(Cl)cc1)S(=O)(=O)c1ccc(Cl)cc1. The highest BCUT2D eigenvalue weighted by molar-refractivity contribution is 7.95. The minimum atomic E-state index is -3.93. The molecular weight excluding hydrogens is 695 g/mol. The van der Waals surface area contributed by atoms with Crippen molar-refractivity contribution in [2.75, 3.05) is 28.4 Å². The van der Waals surface area contributed by atoms with Crippen molar-refractivity contribution < 1.29 is 35.8 Å². The van der Waals surface area contributed by atoms with Crippen molar-refractivity contribution >= 4 is 42.9 Å². The highest BCUT2D eigenvalue weighted by Crippen LogP contribution is 2.27. The van der Waals surface area contributed by atoms with Gasteiger partial charge in [-0.25, -0.2) is 16.8 Å². The summed E-state index contributed by atoms with van der Waals surface area (Å²) >= 11 is 12.0. The molecule has 0 aliphatic heterocycles. The molecule has 0 aromatic heterocycles. The number of halogens is 2. The number of allylic oxidation sites excluding steroid dienone is 10. The Kier molecular flexibility index (Phi) is 16.5. The summed E-state index contributed by atoms with van der Waals surface area (Å²) in [7, 11) is -2.00. The Bertz CT molecular complexity index is 1690. The maximum atomic E-state index is 13.6. The van der Waals surface area contributed by atoms with E-state index in [4.69, 9.17) is 42.1 Å². The summed E-state index contributed by atoms with van der Waals surface area (Å²) in [4.78, 5) is 0.224. The zero-order chi connectivity index (χ0) is 36.1. The van der Waals surface area contributed by atoms with Gasteiger partial charge in [-0.05, 0) is 123 Å². The van der Waals surface area contributed by atoms with Gasteiger partial charge in [0.25, 0.3) is 0 Å². The van der Waals surface area contributed by atoms with Gasteiger partial charge in [0, 0.05) is 38.5 Å². The van der Waals surface area contributed by atoms with Crippen LogP contribution in [0.2, 0.25) is 10.0 Å². The molecule has 0 aliphatic rings. The van der Waals surface area contributed by atoms with Crippen LogP contribution in [0.4, 0.5) is 0 Å². The third kappa shape index (κ3) is 11.8. The highest BCUT2D eigenvalue weighted by Gasteiger charge is 2.22. The lowest BCUT2D eigenvalue weighted by Crippen LogP contribution is -2.15. The van der Waals surface area contributed by atoms with E-state index in [0.29, 0.717) is 32.3 Å². The van der Waals surface area contributed by atoms with E-state index in [0.717, 1.165) is 0 Å². The highest BCUT2D eigenvalue weighted by atomic mass is 35.5. The molecule has 0 aliphatic carbocycles. The Hall–Kier alpha value is -3.06. The fraction of sp³-hybridized carbons (Fsp3) is 0.278. The van der Waals surface area contributed by atoms with Crippen LogP contribution in [0.25, 0.3) is 0 Å². The van der Waals surface area contributed by atoms with Gasteiger partial charge in [-0.2, -0.15) is 0 Å². The molecule has 0 fully saturated rings. The van der Waals surface area contributed by atoms with Gasteiger partial charge in [-0.3, -0.25) is 0 Å². The number of hydrogen-bond donors (Lipinski definition) is 0. The first kappa shape index (κ1) is 41.1. The van der Waals surface area contributed by atoms with Crippen LogP contribution in [0.15, 0.2) is 139 Å². The average molecular weight is 738 g/mol. The standard InChI is InChI=1S/C36H42Cl2O8S2/c1-25(21-33(23-27(3)35(43-5)44-6)47(39,40)31-17-13-29(37)14-18-31)11-9-10-12-26(2)22-34(24-28(4)36(45-7)46-8)48(41,42)32-19-15-30(38)16-20-32/h9-24,35-36H,1-8H3/b10-9+,25-11+,26-12+,27-23+,28-24+,33-21-,34-22-. The summed E-state index contributed by atoms with van der Waals surface area (Å²) in [6, 6.07) is 11.8. The van der Waals surface area contributed by atoms with E-state index in [-0.39, 0.29) is 19.6 Å². The third-order valence-corrected chi connectivity index (χ3v) is 10.8. The van der Waals surface area contributed by atoms with E-state index < -0.39 is 32.3 Å². The number of benzene rings is 2.